The monoisotopic (exact) mass is 363 g/mol. The smallest absolute Gasteiger partial charge is 0.229 e. The highest BCUT2D eigenvalue weighted by Crippen LogP contribution is 2.39. The minimum atomic E-state index is -0.202. The van der Waals surface area contributed by atoms with Gasteiger partial charge in [-0.05, 0) is 56.5 Å². The Hall–Kier alpha value is -2.62. The van der Waals surface area contributed by atoms with Crippen LogP contribution in [0.2, 0.25) is 0 Å². The molecule has 1 aromatic carbocycles. The van der Waals surface area contributed by atoms with Crippen LogP contribution < -0.4 is 4.90 Å². The molecule has 0 spiro atoms. The molecule has 0 aliphatic heterocycles. The molecule has 0 aliphatic rings. The van der Waals surface area contributed by atoms with E-state index < -0.39 is 0 Å². The summed E-state index contributed by atoms with van der Waals surface area (Å²) in [7, 11) is 0. The number of aryl methyl sites for hydroxylation is 4. The summed E-state index contributed by atoms with van der Waals surface area (Å²) in [5.41, 5.74) is 6.93. The summed E-state index contributed by atoms with van der Waals surface area (Å²) >= 11 is 0. The topological polar surface area (TPSA) is 37.6 Å². The van der Waals surface area contributed by atoms with Crippen molar-refractivity contribution < 1.29 is 4.79 Å². The van der Waals surface area contributed by atoms with Crippen molar-refractivity contribution >= 4 is 23.1 Å². The number of carbonyl (C=O) groups excluding carboxylic acids is 1. The van der Waals surface area contributed by atoms with Gasteiger partial charge in [-0.2, -0.15) is 0 Å². The molecule has 0 atom stereocenters. The molecule has 142 valence electrons. The van der Waals surface area contributed by atoms with Gasteiger partial charge in [-0.3, -0.25) is 14.1 Å². The number of anilines is 2. The van der Waals surface area contributed by atoms with Crippen molar-refractivity contribution in [2.75, 3.05) is 4.90 Å². The van der Waals surface area contributed by atoms with E-state index in [1.54, 1.807) is 6.92 Å². The van der Waals surface area contributed by atoms with Crippen molar-refractivity contribution in [3.8, 4) is 0 Å². The van der Waals surface area contributed by atoms with E-state index in [1.807, 2.05) is 11.0 Å². The van der Waals surface area contributed by atoms with Crippen molar-refractivity contribution in [1.29, 1.82) is 0 Å². The standard InChI is InChI=1S/C23H29N3O/c1-14-12-17(4)25-19(13-14)24-21(23(6,7)8)22(25)26(18(5)27)20-15(2)10-9-11-16(20)3/h9-13H,1-8H3. The molecule has 4 nitrogen and oxygen atoms in total. The second-order valence-electron chi connectivity index (χ2n) is 8.50. The number of pyridine rings is 1. The van der Waals surface area contributed by atoms with E-state index in [1.165, 1.54) is 5.56 Å². The van der Waals surface area contributed by atoms with Gasteiger partial charge < -0.3 is 0 Å². The van der Waals surface area contributed by atoms with E-state index in [0.717, 1.165) is 39.7 Å². The van der Waals surface area contributed by atoms with Crippen LogP contribution in [0.15, 0.2) is 30.3 Å². The number of rotatable bonds is 2. The van der Waals surface area contributed by atoms with Gasteiger partial charge in [0, 0.05) is 18.0 Å². The molecule has 1 amide bonds. The Balaban J connectivity index is 2.48. The molecule has 3 rings (SSSR count). The Kier molecular flexibility index (Phi) is 4.62. The molecule has 0 fully saturated rings. The van der Waals surface area contributed by atoms with Gasteiger partial charge in [-0.1, -0.05) is 39.0 Å². The number of hydrogen-bond acceptors (Lipinski definition) is 2. The fourth-order valence-corrected chi connectivity index (χ4v) is 3.79. The number of nitrogens with zero attached hydrogens (tertiary/aromatic N) is 3. The summed E-state index contributed by atoms with van der Waals surface area (Å²) in [6.07, 6.45) is 0. The summed E-state index contributed by atoms with van der Waals surface area (Å²) < 4.78 is 2.11. The van der Waals surface area contributed by atoms with E-state index in [-0.39, 0.29) is 11.3 Å². The van der Waals surface area contributed by atoms with Crippen LogP contribution in [0, 0.1) is 27.7 Å². The molecular weight excluding hydrogens is 334 g/mol. The summed E-state index contributed by atoms with van der Waals surface area (Å²) in [6.45, 7) is 16.3. The molecule has 0 saturated carbocycles. The van der Waals surface area contributed by atoms with Gasteiger partial charge in [0.2, 0.25) is 5.91 Å². The summed E-state index contributed by atoms with van der Waals surface area (Å²) in [5.74, 6) is 0.833. The van der Waals surface area contributed by atoms with E-state index in [0.29, 0.717) is 0 Å². The van der Waals surface area contributed by atoms with Gasteiger partial charge in [-0.15, -0.1) is 0 Å². The van der Waals surface area contributed by atoms with Crippen molar-refractivity contribution in [3.63, 3.8) is 0 Å². The molecule has 0 radical (unpaired) electrons. The first-order chi connectivity index (χ1) is 12.5. The zero-order valence-corrected chi connectivity index (χ0v) is 17.6. The van der Waals surface area contributed by atoms with Crippen molar-refractivity contribution in [2.45, 2.75) is 60.8 Å². The lowest BCUT2D eigenvalue weighted by Gasteiger charge is -2.29. The molecule has 2 aromatic heterocycles. The fourth-order valence-electron chi connectivity index (χ4n) is 3.79. The number of hydrogen-bond donors (Lipinski definition) is 0. The average Bonchev–Trinajstić information content (AvgIpc) is 2.90. The Bertz CT molecular complexity index is 1020. The number of fused-ring (bicyclic) bond motifs is 1. The number of aromatic nitrogens is 2. The first-order valence-electron chi connectivity index (χ1n) is 9.39. The third-order valence-electron chi connectivity index (χ3n) is 4.93. The fraction of sp³-hybridized carbons (Fsp3) is 0.391. The van der Waals surface area contributed by atoms with Crippen molar-refractivity contribution in [1.82, 2.24) is 9.38 Å². The zero-order chi connectivity index (χ0) is 20.1. The first-order valence-corrected chi connectivity index (χ1v) is 9.39. The van der Waals surface area contributed by atoms with Crippen LogP contribution in [-0.4, -0.2) is 15.3 Å². The van der Waals surface area contributed by atoms with Crippen LogP contribution in [-0.2, 0) is 10.2 Å². The zero-order valence-electron chi connectivity index (χ0n) is 17.6. The van der Waals surface area contributed by atoms with Crippen LogP contribution in [0.3, 0.4) is 0 Å². The van der Waals surface area contributed by atoms with Crippen LogP contribution in [0.4, 0.5) is 11.5 Å². The molecule has 0 unspecified atom stereocenters. The van der Waals surface area contributed by atoms with Gasteiger partial charge in [0.05, 0.1) is 11.4 Å². The molecule has 3 aromatic rings. The molecule has 0 aliphatic carbocycles. The number of imidazole rings is 1. The Morgan fingerprint density at radius 3 is 2.15 bits per heavy atom. The van der Waals surface area contributed by atoms with E-state index >= 15 is 0 Å². The minimum Gasteiger partial charge on any atom is -0.283 e. The van der Waals surface area contributed by atoms with Gasteiger partial charge in [0.15, 0.2) is 0 Å². The molecular formula is C23H29N3O. The third-order valence-corrected chi connectivity index (χ3v) is 4.93. The maximum absolute atomic E-state index is 12.9. The van der Waals surface area contributed by atoms with Crippen LogP contribution in [0.25, 0.3) is 5.65 Å². The maximum Gasteiger partial charge on any atom is 0.229 e. The molecule has 0 N–H and O–H groups in total. The maximum atomic E-state index is 12.9. The number of para-hydroxylation sites is 1. The second-order valence-corrected chi connectivity index (χ2v) is 8.50. The SMILES string of the molecule is CC(=O)N(c1c(C)cccc1C)c1c(C(C)(C)C)nc2cc(C)cc(C)n12. The lowest BCUT2D eigenvalue weighted by atomic mass is 9.91. The van der Waals surface area contributed by atoms with Gasteiger partial charge >= 0.3 is 0 Å². The van der Waals surface area contributed by atoms with Crippen LogP contribution >= 0.6 is 0 Å². The van der Waals surface area contributed by atoms with E-state index in [2.05, 4.69) is 77.1 Å². The highest BCUT2D eigenvalue weighted by molar-refractivity contribution is 6.01. The first kappa shape index (κ1) is 19.2. The molecule has 4 heteroatoms. The van der Waals surface area contributed by atoms with Crippen LogP contribution in [0.5, 0.6) is 0 Å². The highest BCUT2D eigenvalue weighted by Gasteiger charge is 2.31. The Labute approximate surface area is 161 Å². The lowest BCUT2D eigenvalue weighted by Crippen LogP contribution is -2.29. The van der Waals surface area contributed by atoms with E-state index in [9.17, 15) is 4.79 Å². The van der Waals surface area contributed by atoms with Gasteiger partial charge in [0.1, 0.15) is 11.5 Å². The number of benzene rings is 1. The molecule has 2 heterocycles. The summed E-state index contributed by atoms with van der Waals surface area (Å²) in [6, 6.07) is 10.3. The number of amides is 1. The van der Waals surface area contributed by atoms with Crippen molar-refractivity contribution in [3.05, 3.63) is 58.4 Å². The van der Waals surface area contributed by atoms with Gasteiger partial charge in [-0.25, -0.2) is 4.98 Å². The second kappa shape index (κ2) is 6.52. The van der Waals surface area contributed by atoms with Gasteiger partial charge in [0.25, 0.3) is 0 Å². The molecule has 0 saturated heterocycles. The Morgan fingerprint density at radius 1 is 1.04 bits per heavy atom. The Morgan fingerprint density at radius 2 is 1.63 bits per heavy atom. The lowest BCUT2D eigenvalue weighted by molar-refractivity contribution is -0.115. The largest absolute Gasteiger partial charge is 0.283 e. The molecule has 0 bridgehead atoms. The average molecular weight is 364 g/mol. The normalized spacial score (nSPS) is 11.9. The summed E-state index contributed by atoms with van der Waals surface area (Å²) in [4.78, 5) is 19.7. The predicted octanol–water partition coefficient (Wildman–Crippen LogP) is 5.55. The van der Waals surface area contributed by atoms with E-state index in [4.69, 9.17) is 4.98 Å². The highest BCUT2D eigenvalue weighted by atomic mass is 16.2. The quantitative estimate of drug-likeness (QED) is 0.598. The predicted molar refractivity (Wildman–Crippen MR) is 112 cm³/mol. The van der Waals surface area contributed by atoms with Crippen molar-refractivity contribution in [2.24, 2.45) is 0 Å². The number of carbonyl (C=O) groups is 1. The molecule has 27 heavy (non-hydrogen) atoms. The van der Waals surface area contributed by atoms with Crippen LogP contribution in [0.1, 0.15) is 55.8 Å². The third kappa shape index (κ3) is 3.25. The summed E-state index contributed by atoms with van der Waals surface area (Å²) in [5, 5.41) is 0. The minimum absolute atomic E-state index is 0.0142.